The molecule has 2 aliphatic rings. The monoisotopic (exact) mass is 544 g/mol. The molecule has 36 heavy (non-hydrogen) atoms. The Labute approximate surface area is 221 Å². The first kappa shape index (κ1) is 24.9. The maximum absolute atomic E-state index is 14.1. The molecule has 3 aromatic rings. The standard InChI is InChI=1S/C26H26Cl2N4O3S/c1-29-11-13-30(14-12-29)23-15-21(27)16-24-25(23)36(34,35)32(18-20-9-5-6-10-22(20)28)26(33)31(24)17-19-7-3-2-4-8-19/h2-10,15-16H,11-14,17-18H2,1H3. The normalized spacial score (nSPS) is 17.9. The van der Waals surface area contributed by atoms with Crippen LogP contribution in [-0.2, 0) is 23.1 Å². The van der Waals surface area contributed by atoms with Crippen LogP contribution >= 0.6 is 23.2 Å². The molecule has 1 saturated heterocycles. The van der Waals surface area contributed by atoms with Crippen molar-refractivity contribution in [3.05, 3.63) is 87.9 Å². The molecule has 0 saturated carbocycles. The van der Waals surface area contributed by atoms with Crippen molar-refractivity contribution in [3.63, 3.8) is 0 Å². The van der Waals surface area contributed by atoms with E-state index in [9.17, 15) is 13.2 Å². The zero-order valence-electron chi connectivity index (χ0n) is 19.8. The van der Waals surface area contributed by atoms with Crippen LogP contribution in [0.1, 0.15) is 11.1 Å². The summed E-state index contributed by atoms with van der Waals surface area (Å²) in [7, 11) is -2.18. The summed E-state index contributed by atoms with van der Waals surface area (Å²) in [6.07, 6.45) is 0. The number of carbonyl (C=O) groups excluding carboxylic acids is 1. The van der Waals surface area contributed by atoms with Crippen LogP contribution in [0.25, 0.3) is 0 Å². The van der Waals surface area contributed by atoms with Crippen LogP contribution in [0.4, 0.5) is 16.2 Å². The second kappa shape index (κ2) is 9.94. The van der Waals surface area contributed by atoms with Gasteiger partial charge in [0.1, 0.15) is 4.90 Å². The molecule has 0 unspecified atom stereocenters. The largest absolute Gasteiger partial charge is 0.368 e. The molecule has 0 bridgehead atoms. The quantitative estimate of drug-likeness (QED) is 0.448. The van der Waals surface area contributed by atoms with Gasteiger partial charge in [-0.15, -0.1) is 0 Å². The molecule has 0 atom stereocenters. The predicted molar refractivity (Wildman–Crippen MR) is 143 cm³/mol. The van der Waals surface area contributed by atoms with Gasteiger partial charge in [-0.05, 0) is 36.4 Å². The highest BCUT2D eigenvalue weighted by Crippen LogP contribution is 2.44. The Morgan fingerprint density at radius 2 is 1.47 bits per heavy atom. The fourth-order valence-corrected chi connectivity index (χ4v) is 6.74. The van der Waals surface area contributed by atoms with Gasteiger partial charge >= 0.3 is 6.03 Å². The van der Waals surface area contributed by atoms with Crippen molar-refractivity contribution in [2.45, 2.75) is 18.0 Å². The average molecular weight is 545 g/mol. The second-order valence-corrected chi connectivity index (χ2v) is 11.7. The second-order valence-electron chi connectivity index (χ2n) is 9.02. The third-order valence-corrected chi connectivity index (χ3v) is 8.98. The van der Waals surface area contributed by atoms with Crippen LogP contribution in [0.3, 0.4) is 0 Å². The molecule has 0 radical (unpaired) electrons. The minimum Gasteiger partial charge on any atom is -0.368 e. The molecular weight excluding hydrogens is 519 g/mol. The number of sulfonamides is 1. The van der Waals surface area contributed by atoms with Crippen LogP contribution < -0.4 is 9.80 Å². The summed E-state index contributed by atoms with van der Waals surface area (Å²) in [5.74, 6) is 0. The number of carbonyl (C=O) groups is 1. The summed E-state index contributed by atoms with van der Waals surface area (Å²) in [5, 5.41) is 0.777. The summed E-state index contributed by atoms with van der Waals surface area (Å²) in [6.45, 7) is 2.90. The van der Waals surface area contributed by atoms with Crippen LogP contribution in [0.15, 0.2) is 71.6 Å². The Kier molecular flexibility index (Phi) is 6.87. The van der Waals surface area contributed by atoms with Gasteiger partial charge in [0, 0.05) is 36.2 Å². The fourth-order valence-electron chi connectivity index (χ4n) is 4.62. The molecule has 0 aliphatic carbocycles. The van der Waals surface area contributed by atoms with Crippen LogP contribution in [0.5, 0.6) is 0 Å². The number of anilines is 2. The van der Waals surface area contributed by atoms with Gasteiger partial charge in [0.25, 0.3) is 10.0 Å². The topological polar surface area (TPSA) is 64.2 Å². The lowest BCUT2D eigenvalue weighted by Crippen LogP contribution is -2.51. The molecule has 0 aromatic heterocycles. The highest BCUT2D eigenvalue weighted by Gasteiger charge is 2.44. The number of halogens is 2. The van der Waals surface area contributed by atoms with Gasteiger partial charge in [0.15, 0.2) is 0 Å². The number of amides is 2. The van der Waals surface area contributed by atoms with Gasteiger partial charge in [0.2, 0.25) is 0 Å². The number of hydrogen-bond donors (Lipinski definition) is 0. The summed E-state index contributed by atoms with van der Waals surface area (Å²) in [4.78, 5) is 19.6. The summed E-state index contributed by atoms with van der Waals surface area (Å²) in [6, 6.07) is 19.0. The van der Waals surface area contributed by atoms with E-state index in [1.54, 1.807) is 36.4 Å². The Balaban J connectivity index is 1.67. The van der Waals surface area contributed by atoms with Crippen molar-refractivity contribution < 1.29 is 13.2 Å². The van der Waals surface area contributed by atoms with Crippen LogP contribution in [0, 0.1) is 0 Å². The minimum absolute atomic E-state index is 0.0963. The predicted octanol–water partition coefficient (Wildman–Crippen LogP) is 5.08. The van der Waals surface area contributed by atoms with E-state index >= 15 is 0 Å². The first-order valence-corrected chi connectivity index (χ1v) is 13.8. The van der Waals surface area contributed by atoms with E-state index in [1.807, 2.05) is 42.3 Å². The van der Waals surface area contributed by atoms with E-state index in [4.69, 9.17) is 23.2 Å². The van der Waals surface area contributed by atoms with Gasteiger partial charge in [0.05, 0.1) is 24.5 Å². The number of likely N-dealkylation sites (N-methyl/N-ethyl adjacent to an activating group) is 1. The molecule has 10 heteroatoms. The van der Waals surface area contributed by atoms with E-state index < -0.39 is 16.1 Å². The number of urea groups is 1. The molecule has 1 fully saturated rings. The molecule has 2 aliphatic heterocycles. The number of benzene rings is 3. The Morgan fingerprint density at radius 3 is 2.17 bits per heavy atom. The molecule has 2 heterocycles. The van der Waals surface area contributed by atoms with Crippen LogP contribution in [-0.4, -0.2) is 56.9 Å². The van der Waals surface area contributed by atoms with E-state index in [2.05, 4.69) is 4.90 Å². The minimum atomic E-state index is -4.21. The van der Waals surface area contributed by atoms with Gasteiger partial charge < -0.3 is 9.80 Å². The number of rotatable bonds is 5. The molecule has 0 spiro atoms. The van der Waals surface area contributed by atoms with Crippen molar-refractivity contribution in [1.29, 1.82) is 0 Å². The lowest BCUT2D eigenvalue weighted by atomic mass is 10.1. The Hall–Kier alpha value is -2.78. The SMILES string of the molecule is CN1CCN(c2cc(Cl)cc3c2S(=O)(=O)N(Cc2ccccc2Cl)C(=O)N3Cc2ccccc2)CC1. The molecular formula is C26H26Cl2N4O3S. The Bertz CT molecular complexity index is 1390. The van der Waals surface area contributed by atoms with Crippen molar-refractivity contribution in [2.24, 2.45) is 0 Å². The van der Waals surface area contributed by atoms with Gasteiger partial charge in [-0.2, -0.15) is 0 Å². The van der Waals surface area contributed by atoms with Gasteiger partial charge in [-0.3, -0.25) is 4.90 Å². The first-order valence-electron chi connectivity index (χ1n) is 11.6. The fraction of sp³-hybridized carbons (Fsp3) is 0.269. The lowest BCUT2D eigenvalue weighted by molar-refractivity contribution is 0.226. The van der Waals surface area contributed by atoms with Gasteiger partial charge in [-0.25, -0.2) is 17.5 Å². The number of hydrogen-bond acceptors (Lipinski definition) is 5. The maximum atomic E-state index is 14.1. The highest BCUT2D eigenvalue weighted by atomic mass is 35.5. The summed E-state index contributed by atoms with van der Waals surface area (Å²) < 4.78 is 29.2. The number of fused-ring (bicyclic) bond motifs is 1. The Morgan fingerprint density at radius 1 is 0.833 bits per heavy atom. The number of nitrogens with zero attached hydrogens (tertiary/aromatic N) is 4. The smallest absolute Gasteiger partial charge is 0.339 e. The summed E-state index contributed by atoms with van der Waals surface area (Å²) >= 11 is 12.9. The molecule has 188 valence electrons. The van der Waals surface area contributed by atoms with Crippen molar-refractivity contribution in [1.82, 2.24) is 9.21 Å². The summed E-state index contributed by atoms with van der Waals surface area (Å²) in [5.41, 5.74) is 2.23. The van der Waals surface area contributed by atoms with Crippen molar-refractivity contribution >= 4 is 50.6 Å². The molecule has 0 N–H and O–H groups in total. The van der Waals surface area contributed by atoms with E-state index in [1.165, 1.54) is 4.90 Å². The van der Waals surface area contributed by atoms with Gasteiger partial charge in [-0.1, -0.05) is 71.7 Å². The molecule has 7 nitrogen and oxygen atoms in total. The van der Waals surface area contributed by atoms with Crippen LogP contribution in [0.2, 0.25) is 10.0 Å². The van der Waals surface area contributed by atoms with E-state index in [0.29, 0.717) is 40.1 Å². The molecule has 2 amide bonds. The lowest BCUT2D eigenvalue weighted by Gasteiger charge is -2.40. The van der Waals surface area contributed by atoms with Crippen molar-refractivity contribution in [2.75, 3.05) is 43.0 Å². The highest BCUT2D eigenvalue weighted by molar-refractivity contribution is 7.90. The first-order chi connectivity index (χ1) is 17.3. The van der Waals surface area contributed by atoms with Crippen molar-refractivity contribution in [3.8, 4) is 0 Å². The third kappa shape index (κ3) is 4.66. The molecule has 5 rings (SSSR count). The zero-order chi connectivity index (χ0) is 25.4. The van der Waals surface area contributed by atoms with E-state index in [-0.39, 0.29) is 18.0 Å². The number of piperazine rings is 1. The maximum Gasteiger partial charge on any atom is 0.339 e. The molecule has 3 aromatic carbocycles. The van der Waals surface area contributed by atoms with E-state index in [0.717, 1.165) is 23.0 Å². The zero-order valence-corrected chi connectivity index (χ0v) is 22.1. The third-order valence-electron chi connectivity index (χ3n) is 6.60. The average Bonchev–Trinajstić information content (AvgIpc) is 2.86.